The van der Waals surface area contributed by atoms with Crippen molar-refractivity contribution < 1.29 is 9.13 Å². The van der Waals surface area contributed by atoms with Gasteiger partial charge < -0.3 is 4.74 Å². The number of hydrogen-bond acceptors (Lipinski definition) is 1. The van der Waals surface area contributed by atoms with Crippen LogP contribution in [0.25, 0.3) is 0 Å². The molecule has 1 rings (SSSR count). The van der Waals surface area contributed by atoms with Gasteiger partial charge in [0.05, 0.1) is 0 Å². The average molecular weight is 308 g/mol. The third kappa shape index (κ3) is 2.45. The Labute approximate surface area is 97.8 Å². The van der Waals surface area contributed by atoms with Crippen molar-refractivity contribution in [3.8, 4) is 0 Å². The molecular weight excluding hydrogens is 294 g/mol. The molecule has 0 amide bonds. The van der Waals surface area contributed by atoms with Gasteiger partial charge in [-0.1, -0.05) is 40.8 Å². The molecule has 0 saturated carbocycles. The predicted molar refractivity (Wildman–Crippen MR) is 64.3 cm³/mol. The van der Waals surface area contributed by atoms with E-state index < -0.39 is 5.60 Å². The van der Waals surface area contributed by atoms with Crippen LogP contribution in [0.4, 0.5) is 4.39 Å². The van der Waals surface area contributed by atoms with Crippen LogP contribution in [0.5, 0.6) is 0 Å². The molecule has 0 aliphatic heterocycles. The summed E-state index contributed by atoms with van der Waals surface area (Å²) in [5, 5.41) is 0. The van der Waals surface area contributed by atoms with Gasteiger partial charge in [-0.3, -0.25) is 0 Å². The van der Waals surface area contributed by atoms with Crippen molar-refractivity contribution >= 4 is 22.6 Å². The van der Waals surface area contributed by atoms with Crippen molar-refractivity contribution in [1.29, 1.82) is 0 Å². The normalized spacial score (nSPS) is 15.1. The second-order valence-electron chi connectivity index (χ2n) is 3.28. The van der Waals surface area contributed by atoms with Crippen LogP contribution in [0.3, 0.4) is 0 Å². The van der Waals surface area contributed by atoms with E-state index in [1.54, 1.807) is 12.1 Å². The van der Waals surface area contributed by atoms with E-state index in [-0.39, 0.29) is 5.82 Å². The van der Waals surface area contributed by atoms with Gasteiger partial charge in [-0.25, -0.2) is 4.39 Å². The van der Waals surface area contributed by atoms with Crippen molar-refractivity contribution in [1.82, 2.24) is 0 Å². The molecule has 0 aliphatic rings. The van der Waals surface area contributed by atoms with Gasteiger partial charge in [0, 0.05) is 16.6 Å². The number of rotatable bonds is 4. The largest absolute Gasteiger partial charge is 0.370 e. The molecule has 78 valence electrons. The Kier molecular flexibility index (Phi) is 4.31. The smallest absolute Gasteiger partial charge is 0.129 e. The first-order valence-corrected chi connectivity index (χ1v) is 6.11. The molecule has 1 unspecified atom stereocenters. The zero-order valence-corrected chi connectivity index (χ0v) is 10.5. The van der Waals surface area contributed by atoms with Gasteiger partial charge >= 0.3 is 0 Å². The van der Waals surface area contributed by atoms with Gasteiger partial charge in [-0.15, -0.1) is 0 Å². The number of alkyl halides is 1. The third-order valence-corrected chi connectivity index (χ3v) is 3.62. The highest BCUT2D eigenvalue weighted by atomic mass is 127. The summed E-state index contributed by atoms with van der Waals surface area (Å²) in [6, 6.07) is 6.78. The molecule has 1 aromatic carbocycles. The Hall–Kier alpha value is -0.160. The van der Waals surface area contributed by atoms with Crippen LogP contribution >= 0.6 is 22.6 Å². The lowest BCUT2D eigenvalue weighted by atomic mass is 9.97. The molecular formula is C11H14FIO. The van der Waals surface area contributed by atoms with Gasteiger partial charge in [0.2, 0.25) is 0 Å². The average Bonchev–Trinajstić information content (AvgIpc) is 2.18. The van der Waals surface area contributed by atoms with E-state index >= 15 is 0 Å². The quantitative estimate of drug-likeness (QED) is 0.611. The third-order valence-electron chi connectivity index (χ3n) is 2.16. The summed E-state index contributed by atoms with van der Waals surface area (Å²) in [5.74, 6) is -0.194. The molecule has 1 nitrogen and oxygen atoms in total. The molecule has 1 aromatic rings. The van der Waals surface area contributed by atoms with Crippen LogP contribution in [0.1, 0.15) is 19.4 Å². The van der Waals surface area contributed by atoms with Crippen molar-refractivity contribution in [2.45, 2.75) is 19.4 Å². The van der Waals surface area contributed by atoms with Gasteiger partial charge in [0.25, 0.3) is 0 Å². The van der Waals surface area contributed by atoms with Crippen LogP contribution in [-0.2, 0) is 10.3 Å². The summed E-state index contributed by atoms with van der Waals surface area (Å²) >= 11 is 2.22. The summed E-state index contributed by atoms with van der Waals surface area (Å²) in [4.78, 5) is 0. The Balaban J connectivity index is 3.05. The summed E-state index contributed by atoms with van der Waals surface area (Å²) in [7, 11) is 0. The Morgan fingerprint density at radius 3 is 2.57 bits per heavy atom. The second-order valence-corrected chi connectivity index (χ2v) is 4.04. The summed E-state index contributed by atoms with van der Waals surface area (Å²) < 4.78 is 19.8. The van der Waals surface area contributed by atoms with Crippen molar-refractivity contribution in [2.24, 2.45) is 0 Å². The van der Waals surface area contributed by atoms with Crippen molar-refractivity contribution in [3.63, 3.8) is 0 Å². The van der Waals surface area contributed by atoms with E-state index in [9.17, 15) is 4.39 Å². The van der Waals surface area contributed by atoms with Gasteiger partial charge in [0.1, 0.15) is 11.4 Å². The lowest BCUT2D eigenvalue weighted by molar-refractivity contribution is -0.0100. The topological polar surface area (TPSA) is 9.23 Å². The molecule has 0 radical (unpaired) electrons. The van der Waals surface area contributed by atoms with Gasteiger partial charge in [-0.05, 0) is 19.9 Å². The zero-order valence-electron chi connectivity index (χ0n) is 8.39. The SMILES string of the molecule is CCOC(C)(CI)c1ccccc1F. The van der Waals surface area contributed by atoms with Crippen LogP contribution in [0.2, 0.25) is 0 Å². The van der Waals surface area contributed by atoms with Crippen LogP contribution < -0.4 is 0 Å². The second kappa shape index (κ2) is 5.07. The number of ether oxygens (including phenoxy) is 1. The minimum absolute atomic E-state index is 0.194. The van der Waals surface area contributed by atoms with E-state index in [1.807, 2.05) is 19.9 Å². The Bertz CT molecular complexity index is 303. The first kappa shape index (κ1) is 11.9. The zero-order chi connectivity index (χ0) is 10.6. The lowest BCUT2D eigenvalue weighted by Gasteiger charge is -2.28. The highest BCUT2D eigenvalue weighted by molar-refractivity contribution is 14.1. The van der Waals surface area contributed by atoms with E-state index in [2.05, 4.69) is 22.6 Å². The Morgan fingerprint density at radius 1 is 1.43 bits per heavy atom. The van der Waals surface area contributed by atoms with Crippen molar-refractivity contribution in [3.05, 3.63) is 35.6 Å². The number of hydrogen-bond donors (Lipinski definition) is 0. The van der Waals surface area contributed by atoms with Crippen LogP contribution in [0.15, 0.2) is 24.3 Å². The number of benzene rings is 1. The molecule has 0 heterocycles. The summed E-state index contributed by atoms with van der Waals surface area (Å²) in [6.45, 7) is 4.43. The van der Waals surface area contributed by atoms with E-state index in [0.29, 0.717) is 12.2 Å². The molecule has 0 saturated heterocycles. The van der Waals surface area contributed by atoms with Gasteiger partial charge in [0.15, 0.2) is 0 Å². The maximum absolute atomic E-state index is 13.5. The highest BCUT2D eigenvalue weighted by Gasteiger charge is 2.28. The summed E-state index contributed by atoms with van der Waals surface area (Å²) in [6.07, 6.45) is 0. The fourth-order valence-corrected chi connectivity index (χ4v) is 2.03. The maximum atomic E-state index is 13.5. The van der Waals surface area contributed by atoms with Crippen LogP contribution in [0, 0.1) is 5.82 Å². The highest BCUT2D eigenvalue weighted by Crippen LogP contribution is 2.29. The molecule has 1 atom stereocenters. The molecule has 0 spiro atoms. The lowest BCUT2D eigenvalue weighted by Crippen LogP contribution is -2.29. The fraction of sp³-hybridized carbons (Fsp3) is 0.455. The summed E-state index contributed by atoms with van der Waals surface area (Å²) in [5.41, 5.74) is 0.122. The molecule has 0 N–H and O–H groups in total. The predicted octanol–water partition coefficient (Wildman–Crippen LogP) is 3.51. The van der Waals surface area contributed by atoms with E-state index in [1.165, 1.54) is 6.07 Å². The van der Waals surface area contributed by atoms with Gasteiger partial charge in [-0.2, -0.15) is 0 Å². The monoisotopic (exact) mass is 308 g/mol. The molecule has 0 aliphatic carbocycles. The molecule has 14 heavy (non-hydrogen) atoms. The minimum Gasteiger partial charge on any atom is -0.370 e. The minimum atomic E-state index is -0.513. The molecule has 3 heteroatoms. The maximum Gasteiger partial charge on any atom is 0.129 e. The Morgan fingerprint density at radius 2 is 2.07 bits per heavy atom. The first-order valence-electron chi connectivity index (χ1n) is 4.59. The van der Waals surface area contributed by atoms with Crippen LogP contribution in [-0.4, -0.2) is 11.0 Å². The first-order chi connectivity index (χ1) is 6.64. The molecule has 0 bridgehead atoms. The van der Waals surface area contributed by atoms with E-state index in [4.69, 9.17) is 4.74 Å². The molecule has 0 aromatic heterocycles. The molecule has 0 fully saturated rings. The fourth-order valence-electron chi connectivity index (χ4n) is 1.40. The van der Waals surface area contributed by atoms with E-state index in [0.717, 1.165) is 4.43 Å². The van der Waals surface area contributed by atoms with Crippen molar-refractivity contribution in [2.75, 3.05) is 11.0 Å². The standard InChI is InChI=1S/C11H14FIO/c1-3-14-11(2,8-13)9-6-4-5-7-10(9)12/h4-7H,3,8H2,1-2H3. The number of halogens is 2.